The number of fused-ring (bicyclic) bond motifs is 3. The van der Waals surface area contributed by atoms with Crippen LogP contribution in [0.3, 0.4) is 0 Å². The Bertz CT molecular complexity index is 1430. The number of nitrogens with zero attached hydrogens (tertiary/aromatic N) is 8. The van der Waals surface area contributed by atoms with Gasteiger partial charge in [0.15, 0.2) is 0 Å². The fourth-order valence-corrected chi connectivity index (χ4v) is 9.70. The fraction of sp³-hybridized carbons (Fsp3) is 0.667. The van der Waals surface area contributed by atoms with Gasteiger partial charge in [-0.05, 0) is 26.3 Å². The molecule has 2 aromatic heterocycles. The standard InChI is InChI=1S/C27H32FN9OS2/c1-3-35(13-25(31-2)6-7-25)22-32-23(34-24(33-22)38-16-26-5-4-8-37(26)11-17(28)9-26)36-14-27(15-36)20-18(10-29)21(30)40-19(20)12-39-27/h17H,3-9,11-16,30H2,1H3/t17-,26+/m1/s1. The third kappa shape index (κ3) is 4.08. The van der Waals surface area contributed by atoms with Crippen molar-refractivity contribution in [3.63, 3.8) is 0 Å². The Hall–Kier alpha value is -2.87. The van der Waals surface area contributed by atoms with Gasteiger partial charge in [0.2, 0.25) is 17.4 Å². The van der Waals surface area contributed by atoms with Crippen molar-refractivity contribution in [1.82, 2.24) is 19.9 Å². The van der Waals surface area contributed by atoms with Gasteiger partial charge in [0.25, 0.3) is 0 Å². The number of likely N-dealkylation sites (N-methyl/N-ethyl adjacent to an activating group) is 1. The monoisotopic (exact) mass is 581 g/mol. The molecule has 6 heterocycles. The van der Waals surface area contributed by atoms with Crippen molar-refractivity contribution in [3.05, 3.63) is 27.4 Å². The Morgan fingerprint density at radius 2 is 2.12 bits per heavy atom. The molecule has 10 nitrogen and oxygen atoms in total. The number of alkyl halides is 1. The number of ether oxygens (including phenoxy) is 1. The van der Waals surface area contributed by atoms with E-state index in [0.29, 0.717) is 68.2 Å². The molecule has 2 atom stereocenters. The van der Waals surface area contributed by atoms with Crippen molar-refractivity contribution >= 4 is 40.0 Å². The van der Waals surface area contributed by atoms with E-state index in [1.807, 2.05) is 23.6 Å². The molecule has 0 radical (unpaired) electrons. The minimum atomic E-state index is -0.831. The zero-order chi connectivity index (χ0) is 27.7. The predicted octanol–water partition coefficient (Wildman–Crippen LogP) is 3.58. The number of thiophene rings is 1. The first-order valence-corrected chi connectivity index (χ1v) is 15.7. The molecule has 1 saturated carbocycles. The summed E-state index contributed by atoms with van der Waals surface area (Å²) in [5, 5.41) is 10.4. The van der Waals surface area contributed by atoms with Gasteiger partial charge in [-0.1, -0.05) is 0 Å². The number of aromatic nitrogens is 3. The molecule has 0 bridgehead atoms. The van der Waals surface area contributed by atoms with Crippen molar-refractivity contribution in [3.8, 4) is 12.1 Å². The average molecular weight is 582 g/mol. The normalized spacial score (nSPS) is 27.1. The number of hydrogen-bond acceptors (Lipinski definition) is 11. The van der Waals surface area contributed by atoms with Crippen LogP contribution in [-0.4, -0.2) is 83.0 Å². The smallest absolute Gasteiger partial charge is 0.323 e. The van der Waals surface area contributed by atoms with Crippen molar-refractivity contribution < 1.29 is 9.13 Å². The van der Waals surface area contributed by atoms with Crippen LogP contribution >= 0.6 is 23.1 Å². The molecule has 0 unspecified atom stereocenters. The van der Waals surface area contributed by atoms with E-state index < -0.39 is 6.17 Å². The fourth-order valence-electron chi connectivity index (χ4n) is 6.89. The first-order chi connectivity index (χ1) is 19.3. The molecule has 210 valence electrons. The van der Waals surface area contributed by atoms with Gasteiger partial charge in [-0.2, -0.15) is 20.2 Å². The minimum Gasteiger partial charge on any atom is -0.461 e. The Morgan fingerprint density at radius 3 is 2.85 bits per heavy atom. The molecule has 4 aliphatic heterocycles. The van der Waals surface area contributed by atoms with Gasteiger partial charge in [-0.15, -0.1) is 23.1 Å². The van der Waals surface area contributed by atoms with E-state index in [1.54, 1.807) is 0 Å². The zero-order valence-electron chi connectivity index (χ0n) is 22.5. The van der Waals surface area contributed by atoms with E-state index in [1.165, 1.54) is 16.2 Å². The van der Waals surface area contributed by atoms with Crippen LogP contribution in [0.1, 0.15) is 55.0 Å². The maximum atomic E-state index is 14.4. The number of anilines is 3. The quantitative estimate of drug-likeness (QED) is 0.464. The van der Waals surface area contributed by atoms with Crippen LogP contribution in [0.2, 0.25) is 0 Å². The summed E-state index contributed by atoms with van der Waals surface area (Å²) in [4.78, 5) is 25.8. The highest BCUT2D eigenvalue weighted by atomic mass is 32.2. The van der Waals surface area contributed by atoms with Crippen LogP contribution in [-0.2, 0) is 10.5 Å². The lowest BCUT2D eigenvalue weighted by Crippen LogP contribution is -2.57. The van der Waals surface area contributed by atoms with Crippen molar-refractivity contribution in [2.45, 2.75) is 66.8 Å². The van der Waals surface area contributed by atoms with Gasteiger partial charge in [-0.25, -0.2) is 11.0 Å². The summed E-state index contributed by atoms with van der Waals surface area (Å²) in [6.45, 7) is 14.0. The third-order valence-electron chi connectivity index (χ3n) is 9.27. The highest BCUT2D eigenvalue weighted by Crippen LogP contribution is 2.57. The summed E-state index contributed by atoms with van der Waals surface area (Å²) in [5.41, 5.74) is 7.19. The van der Waals surface area contributed by atoms with E-state index in [4.69, 9.17) is 32.0 Å². The van der Waals surface area contributed by atoms with Gasteiger partial charge < -0.3 is 25.1 Å². The van der Waals surface area contributed by atoms with E-state index in [2.05, 4.69) is 20.7 Å². The summed E-state index contributed by atoms with van der Waals surface area (Å²) < 4.78 is 20.4. The Balaban J connectivity index is 1.17. The Kier molecular flexibility index (Phi) is 6.08. The molecular formula is C27H32FN9OS2. The van der Waals surface area contributed by atoms with E-state index in [-0.39, 0.29) is 21.8 Å². The Labute approximate surface area is 241 Å². The molecule has 4 fully saturated rings. The molecule has 1 aliphatic carbocycles. The van der Waals surface area contributed by atoms with Crippen LogP contribution in [0.4, 0.5) is 21.3 Å². The van der Waals surface area contributed by atoms with Crippen LogP contribution < -0.4 is 20.3 Å². The number of rotatable bonds is 8. The number of hydrogen-bond donors (Lipinski definition) is 1. The molecule has 2 aromatic rings. The second-order valence-electron chi connectivity index (χ2n) is 11.8. The molecule has 7 rings (SSSR count). The third-order valence-corrected chi connectivity index (χ3v) is 11.9. The van der Waals surface area contributed by atoms with E-state index >= 15 is 0 Å². The summed E-state index contributed by atoms with van der Waals surface area (Å²) >= 11 is 3.37. The second kappa shape index (κ2) is 9.33. The molecule has 13 heteroatoms. The van der Waals surface area contributed by atoms with Gasteiger partial charge >= 0.3 is 6.01 Å². The summed E-state index contributed by atoms with van der Waals surface area (Å²) in [5.74, 6) is 1.89. The van der Waals surface area contributed by atoms with Crippen LogP contribution in [0.15, 0.2) is 0 Å². The largest absolute Gasteiger partial charge is 0.461 e. The summed E-state index contributed by atoms with van der Waals surface area (Å²) in [7, 11) is 0. The molecule has 0 aromatic carbocycles. The maximum absolute atomic E-state index is 14.4. The van der Waals surface area contributed by atoms with Gasteiger partial charge in [0, 0.05) is 61.6 Å². The number of thioether (sulfide) groups is 1. The van der Waals surface area contributed by atoms with E-state index in [0.717, 1.165) is 43.5 Å². The highest BCUT2D eigenvalue weighted by Gasteiger charge is 2.54. The molecule has 5 aliphatic rings. The first kappa shape index (κ1) is 26.1. The number of nitrogens with two attached hydrogens (primary N) is 1. The zero-order valence-corrected chi connectivity index (χ0v) is 24.2. The summed E-state index contributed by atoms with van der Waals surface area (Å²) in [6, 6.07) is 2.57. The topological polar surface area (TPSA) is 112 Å². The van der Waals surface area contributed by atoms with E-state index in [9.17, 15) is 9.65 Å². The maximum Gasteiger partial charge on any atom is 0.323 e. The number of halogens is 1. The SMILES string of the molecule is [C-]#[N+]C1(CN(CC)c2nc(OC[C@@]34CCCN3C[C@H](F)C4)nc(N3CC4(C3)SCc3sc(N)c(C#N)c34)n2)CC1. The van der Waals surface area contributed by atoms with Crippen molar-refractivity contribution in [1.29, 1.82) is 5.26 Å². The molecule has 0 amide bonds. The van der Waals surface area contributed by atoms with Crippen LogP contribution in [0, 0.1) is 17.9 Å². The highest BCUT2D eigenvalue weighted by molar-refractivity contribution is 8.00. The predicted molar refractivity (Wildman–Crippen MR) is 153 cm³/mol. The molecular weight excluding hydrogens is 549 g/mol. The van der Waals surface area contributed by atoms with Crippen LogP contribution in [0.25, 0.3) is 4.85 Å². The number of nitriles is 1. The molecule has 2 N–H and O–H groups in total. The van der Waals surface area contributed by atoms with Gasteiger partial charge in [-0.3, -0.25) is 4.90 Å². The lowest BCUT2D eigenvalue weighted by atomic mass is 9.88. The first-order valence-electron chi connectivity index (χ1n) is 13.9. The van der Waals surface area contributed by atoms with Gasteiger partial charge in [0.05, 0.1) is 22.4 Å². The van der Waals surface area contributed by atoms with Crippen molar-refractivity contribution in [2.75, 3.05) is 61.4 Å². The minimum absolute atomic E-state index is 0.196. The Morgan fingerprint density at radius 1 is 1.30 bits per heavy atom. The molecule has 3 saturated heterocycles. The molecule has 1 spiro atoms. The summed E-state index contributed by atoms with van der Waals surface area (Å²) in [6.07, 6.45) is 3.37. The lowest BCUT2D eigenvalue weighted by Gasteiger charge is -2.47. The van der Waals surface area contributed by atoms with Crippen LogP contribution in [0.5, 0.6) is 6.01 Å². The lowest BCUT2D eigenvalue weighted by molar-refractivity contribution is 0.107. The second-order valence-corrected chi connectivity index (χ2v) is 14.3. The van der Waals surface area contributed by atoms with Crippen molar-refractivity contribution in [2.24, 2.45) is 0 Å². The van der Waals surface area contributed by atoms with Gasteiger partial charge in [0.1, 0.15) is 23.8 Å². The number of nitrogen functional groups attached to an aromatic ring is 1. The molecule has 40 heavy (non-hydrogen) atoms. The average Bonchev–Trinajstić information content (AvgIpc) is 3.13.